The minimum atomic E-state index is 0. The Balaban J connectivity index is 0.00000162. The molecule has 0 fully saturated rings. The van der Waals surface area contributed by atoms with Crippen LogP contribution >= 0.6 is 0 Å². The molecule has 1 heterocycles. The number of fused-ring (bicyclic) bond motifs is 1. The molecule has 18 heavy (non-hydrogen) atoms. The number of rotatable bonds is 1. The zero-order valence-electron chi connectivity index (χ0n) is 11.7. The van der Waals surface area contributed by atoms with E-state index in [1.165, 1.54) is 5.56 Å². The summed E-state index contributed by atoms with van der Waals surface area (Å²) in [4.78, 5) is 0. The quantitative estimate of drug-likeness (QED) is 0.538. The second-order valence-electron chi connectivity index (χ2n) is 5.58. The van der Waals surface area contributed by atoms with Gasteiger partial charge in [0.1, 0.15) is 17.5 Å². The van der Waals surface area contributed by atoms with E-state index < -0.39 is 0 Å². The molecule has 1 aliphatic heterocycles. The number of methoxy groups -OCH3 is 1. The molecule has 2 rings (SSSR count). The van der Waals surface area contributed by atoms with Crippen molar-refractivity contribution in [3.63, 3.8) is 0 Å². The molecule has 0 aromatic heterocycles. The summed E-state index contributed by atoms with van der Waals surface area (Å²) < 4.78 is 6.13. The molecule has 0 radical (unpaired) electrons. The Hall–Kier alpha value is -0.490. The van der Waals surface area contributed by atoms with Crippen LogP contribution < -0.4 is 28.7 Å². The summed E-state index contributed by atoms with van der Waals surface area (Å²) in [6, 6.07) is 4.62. The first-order chi connectivity index (χ1) is 7.87. The number of ether oxygens (including phenoxy) is 1. The molecule has 0 saturated carbocycles. The molecule has 4 heteroatoms. The van der Waals surface area contributed by atoms with Crippen LogP contribution in [0.2, 0.25) is 0 Å². The number of benzene rings is 1. The fourth-order valence-corrected chi connectivity index (χ4v) is 2.71. The number of likely N-dealkylation sites (N-methyl/N-ethyl adjacent to an activating group) is 1. The molecule has 102 valence electrons. The molecule has 1 N–H and O–H groups in total. The van der Waals surface area contributed by atoms with Crippen LogP contribution in [0.4, 0.5) is 0 Å². The second-order valence-corrected chi connectivity index (χ2v) is 5.58. The monoisotopic (exact) mass is 363 g/mol. The first-order valence-electron chi connectivity index (χ1n) is 6.11. The van der Waals surface area contributed by atoms with Crippen molar-refractivity contribution in [2.45, 2.75) is 32.4 Å². The van der Waals surface area contributed by atoms with Gasteiger partial charge in [0.05, 0.1) is 32.8 Å². The summed E-state index contributed by atoms with van der Waals surface area (Å²) in [7, 11) is 6.08. The molecule has 0 spiro atoms. The van der Waals surface area contributed by atoms with E-state index in [1.54, 1.807) is 13.2 Å². The number of phenols is 1. The van der Waals surface area contributed by atoms with E-state index in [1.807, 2.05) is 0 Å². The summed E-state index contributed by atoms with van der Waals surface area (Å²) in [5, 5.41) is 10.2. The van der Waals surface area contributed by atoms with Crippen LogP contribution in [0.15, 0.2) is 12.1 Å². The lowest BCUT2D eigenvalue weighted by atomic mass is 9.87. The topological polar surface area (TPSA) is 29.5 Å². The van der Waals surface area contributed by atoms with Gasteiger partial charge in [-0.2, -0.15) is 0 Å². The first-order valence-corrected chi connectivity index (χ1v) is 6.11. The molecule has 0 aliphatic carbocycles. The largest absolute Gasteiger partial charge is 1.00 e. The normalized spacial score (nSPS) is 24.9. The molecule has 1 aromatic rings. The van der Waals surface area contributed by atoms with Crippen molar-refractivity contribution in [3.8, 4) is 11.5 Å². The average molecular weight is 363 g/mol. The Morgan fingerprint density at radius 3 is 2.44 bits per heavy atom. The molecule has 2 atom stereocenters. The summed E-state index contributed by atoms with van der Waals surface area (Å²) in [5.41, 5.74) is 2.30. The number of hydrogen-bond acceptors (Lipinski definition) is 2. The predicted molar refractivity (Wildman–Crippen MR) is 68.3 cm³/mol. The highest BCUT2D eigenvalue weighted by Crippen LogP contribution is 2.42. The lowest BCUT2D eigenvalue weighted by molar-refractivity contribution is -0.943. The van der Waals surface area contributed by atoms with Gasteiger partial charge in [-0.25, -0.2) is 0 Å². The summed E-state index contributed by atoms with van der Waals surface area (Å²) in [6.07, 6.45) is 0.984. The Bertz CT molecular complexity index is 446. The molecule has 1 aromatic carbocycles. The highest BCUT2D eigenvalue weighted by Gasteiger charge is 2.39. The van der Waals surface area contributed by atoms with Crippen molar-refractivity contribution in [2.75, 3.05) is 21.2 Å². The smallest absolute Gasteiger partial charge is 0.128 e. The molecule has 0 bridgehead atoms. The van der Waals surface area contributed by atoms with Gasteiger partial charge >= 0.3 is 0 Å². The van der Waals surface area contributed by atoms with Gasteiger partial charge in [-0.1, -0.05) is 0 Å². The highest BCUT2D eigenvalue weighted by molar-refractivity contribution is 5.48. The van der Waals surface area contributed by atoms with E-state index >= 15 is 0 Å². The number of phenolic OH excluding ortho intramolecular Hbond substituents is 1. The number of quaternary nitrogens is 1. The van der Waals surface area contributed by atoms with Gasteiger partial charge < -0.3 is 38.3 Å². The van der Waals surface area contributed by atoms with Gasteiger partial charge in [0.15, 0.2) is 0 Å². The van der Waals surface area contributed by atoms with Crippen molar-refractivity contribution in [1.82, 2.24) is 0 Å². The van der Waals surface area contributed by atoms with E-state index in [-0.39, 0.29) is 24.0 Å². The number of hydrogen-bond donors (Lipinski definition) is 1. The maximum Gasteiger partial charge on any atom is 0.128 e. The van der Waals surface area contributed by atoms with Crippen LogP contribution in [0.5, 0.6) is 11.5 Å². The summed E-state index contributed by atoms with van der Waals surface area (Å²) >= 11 is 0. The van der Waals surface area contributed by atoms with E-state index in [0.717, 1.165) is 22.2 Å². The third-order valence-electron chi connectivity index (χ3n) is 4.52. The van der Waals surface area contributed by atoms with E-state index in [0.29, 0.717) is 17.8 Å². The van der Waals surface area contributed by atoms with Crippen LogP contribution in [0.1, 0.15) is 31.0 Å². The highest BCUT2D eigenvalue weighted by atomic mass is 127. The molecular weight excluding hydrogens is 341 g/mol. The molecule has 0 amide bonds. The molecular formula is C14H22INO2. The van der Waals surface area contributed by atoms with Gasteiger partial charge in [-0.05, 0) is 25.5 Å². The zero-order valence-corrected chi connectivity index (χ0v) is 13.9. The SMILES string of the molecule is COc1cc(O)c2c(c1)C[C@H](C)[N+](C)(C)[C@H]2C.[I-]. The minimum Gasteiger partial charge on any atom is -1.00 e. The summed E-state index contributed by atoms with van der Waals surface area (Å²) in [6.45, 7) is 4.44. The maximum absolute atomic E-state index is 10.2. The van der Waals surface area contributed by atoms with Crippen LogP contribution in [0.3, 0.4) is 0 Å². The number of aromatic hydroxyl groups is 1. The van der Waals surface area contributed by atoms with Crippen molar-refractivity contribution >= 4 is 0 Å². The third kappa shape index (κ3) is 2.32. The van der Waals surface area contributed by atoms with Gasteiger partial charge in [-0.3, -0.25) is 0 Å². The predicted octanol–water partition coefficient (Wildman–Crippen LogP) is -0.513. The summed E-state index contributed by atoms with van der Waals surface area (Å²) in [5.74, 6) is 1.11. The third-order valence-corrected chi connectivity index (χ3v) is 4.52. The first kappa shape index (κ1) is 15.6. The Morgan fingerprint density at radius 2 is 1.89 bits per heavy atom. The second kappa shape index (κ2) is 5.25. The molecule has 0 saturated heterocycles. The Morgan fingerprint density at radius 1 is 1.28 bits per heavy atom. The molecule has 0 unspecified atom stereocenters. The van der Waals surface area contributed by atoms with E-state index in [4.69, 9.17) is 4.74 Å². The molecule has 3 nitrogen and oxygen atoms in total. The van der Waals surface area contributed by atoms with Crippen molar-refractivity contribution < 1.29 is 38.3 Å². The van der Waals surface area contributed by atoms with Crippen molar-refractivity contribution in [1.29, 1.82) is 0 Å². The van der Waals surface area contributed by atoms with Crippen LogP contribution in [0.25, 0.3) is 0 Å². The van der Waals surface area contributed by atoms with Gasteiger partial charge in [0.2, 0.25) is 0 Å². The van der Waals surface area contributed by atoms with Gasteiger partial charge in [0, 0.05) is 12.5 Å². The average Bonchev–Trinajstić information content (AvgIpc) is 2.26. The Labute approximate surface area is 126 Å². The Kier molecular flexibility index (Phi) is 4.54. The van der Waals surface area contributed by atoms with Gasteiger partial charge in [0.25, 0.3) is 0 Å². The van der Waals surface area contributed by atoms with Crippen LogP contribution in [0, 0.1) is 0 Å². The zero-order chi connectivity index (χ0) is 12.8. The van der Waals surface area contributed by atoms with E-state index in [2.05, 4.69) is 34.0 Å². The lowest BCUT2D eigenvalue weighted by Crippen LogP contribution is -3.00. The number of nitrogens with zero attached hydrogens (tertiary/aromatic N) is 1. The van der Waals surface area contributed by atoms with Crippen molar-refractivity contribution in [2.24, 2.45) is 0 Å². The van der Waals surface area contributed by atoms with Crippen LogP contribution in [-0.4, -0.2) is 36.8 Å². The fourth-order valence-electron chi connectivity index (χ4n) is 2.71. The van der Waals surface area contributed by atoms with Gasteiger partial charge in [-0.15, -0.1) is 0 Å². The minimum absolute atomic E-state index is 0. The molecule has 1 aliphatic rings. The lowest BCUT2D eigenvalue weighted by Gasteiger charge is -2.46. The standard InChI is InChI=1S/C14H21NO2.HI/c1-9-6-11-7-12(17-5)8-13(16)14(11)10(2)15(9,3)4;/h7-10H,6H2,1-5H3;1H/t9-,10-;/m0./s1. The van der Waals surface area contributed by atoms with E-state index in [9.17, 15) is 5.11 Å². The van der Waals surface area contributed by atoms with Crippen molar-refractivity contribution in [3.05, 3.63) is 23.3 Å². The van der Waals surface area contributed by atoms with Crippen LogP contribution in [-0.2, 0) is 6.42 Å². The maximum atomic E-state index is 10.2. The number of halogens is 1. The fraction of sp³-hybridized carbons (Fsp3) is 0.571.